The standard InChI is InChI=1S/C15H20O4S/c1-11(2)10-14(8-9-15(16)17)20(18,19)13-6-4-12(3)5-7-13/h4-7,10,14H,8-9H2,1-3H3,(H,16,17). The summed E-state index contributed by atoms with van der Waals surface area (Å²) in [6, 6.07) is 6.61. The summed E-state index contributed by atoms with van der Waals surface area (Å²) in [5.74, 6) is -0.990. The van der Waals surface area contributed by atoms with Crippen LogP contribution in [-0.2, 0) is 14.6 Å². The normalized spacial score (nSPS) is 12.8. The van der Waals surface area contributed by atoms with E-state index in [0.29, 0.717) is 0 Å². The molecule has 0 radical (unpaired) electrons. The molecule has 0 aliphatic rings. The van der Waals surface area contributed by atoms with Gasteiger partial charge < -0.3 is 5.11 Å². The lowest BCUT2D eigenvalue weighted by molar-refractivity contribution is -0.137. The number of carboxylic acid groups (broad SMARTS) is 1. The Morgan fingerprint density at radius 2 is 1.80 bits per heavy atom. The lowest BCUT2D eigenvalue weighted by Crippen LogP contribution is -2.21. The number of carbonyl (C=O) groups is 1. The van der Waals surface area contributed by atoms with E-state index in [1.807, 2.05) is 6.92 Å². The van der Waals surface area contributed by atoms with Gasteiger partial charge in [-0.15, -0.1) is 0 Å². The van der Waals surface area contributed by atoms with Crippen LogP contribution >= 0.6 is 0 Å². The first kappa shape index (κ1) is 16.4. The molecule has 1 aromatic rings. The van der Waals surface area contributed by atoms with Crippen LogP contribution in [0.4, 0.5) is 0 Å². The molecule has 0 bridgehead atoms. The van der Waals surface area contributed by atoms with E-state index in [2.05, 4.69) is 0 Å². The molecule has 1 rings (SSSR count). The molecule has 4 nitrogen and oxygen atoms in total. The number of aliphatic carboxylic acids is 1. The highest BCUT2D eigenvalue weighted by Gasteiger charge is 2.26. The van der Waals surface area contributed by atoms with Crippen molar-refractivity contribution in [3.8, 4) is 0 Å². The molecule has 0 saturated carbocycles. The molecular weight excluding hydrogens is 276 g/mol. The van der Waals surface area contributed by atoms with E-state index >= 15 is 0 Å². The van der Waals surface area contributed by atoms with Gasteiger partial charge in [-0.1, -0.05) is 29.3 Å². The van der Waals surface area contributed by atoms with Crippen molar-refractivity contribution in [3.05, 3.63) is 41.5 Å². The van der Waals surface area contributed by atoms with E-state index in [9.17, 15) is 13.2 Å². The highest BCUT2D eigenvalue weighted by atomic mass is 32.2. The maximum Gasteiger partial charge on any atom is 0.303 e. The Morgan fingerprint density at radius 1 is 1.25 bits per heavy atom. The first-order valence-electron chi connectivity index (χ1n) is 6.41. The number of sulfone groups is 1. The SMILES string of the molecule is CC(C)=CC(CCC(=O)O)S(=O)(=O)c1ccc(C)cc1. The second-order valence-corrected chi connectivity index (χ2v) is 7.24. The number of aryl methyl sites for hydroxylation is 1. The zero-order valence-corrected chi connectivity index (χ0v) is 12.8. The molecule has 0 spiro atoms. The molecule has 0 aliphatic heterocycles. The summed E-state index contributed by atoms with van der Waals surface area (Å²) < 4.78 is 25.1. The molecule has 0 aromatic heterocycles. The van der Waals surface area contributed by atoms with Gasteiger partial charge in [-0.2, -0.15) is 0 Å². The van der Waals surface area contributed by atoms with Crippen LogP contribution < -0.4 is 0 Å². The lowest BCUT2D eigenvalue weighted by Gasteiger charge is -2.14. The van der Waals surface area contributed by atoms with Gasteiger partial charge >= 0.3 is 5.97 Å². The fraction of sp³-hybridized carbons (Fsp3) is 0.400. The van der Waals surface area contributed by atoms with Crippen LogP contribution in [0.2, 0.25) is 0 Å². The predicted octanol–water partition coefficient (Wildman–Crippen LogP) is 2.97. The van der Waals surface area contributed by atoms with Gasteiger partial charge in [-0.3, -0.25) is 4.79 Å². The number of benzene rings is 1. The van der Waals surface area contributed by atoms with Gasteiger partial charge in [0.05, 0.1) is 10.1 Å². The van der Waals surface area contributed by atoms with E-state index in [-0.39, 0.29) is 17.7 Å². The van der Waals surface area contributed by atoms with Crippen LogP contribution in [-0.4, -0.2) is 24.7 Å². The van der Waals surface area contributed by atoms with Crippen LogP contribution in [0.3, 0.4) is 0 Å². The molecule has 110 valence electrons. The Balaban J connectivity index is 3.13. The maximum absolute atomic E-state index is 12.6. The van der Waals surface area contributed by atoms with Crippen LogP contribution in [0.5, 0.6) is 0 Å². The smallest absolute Gasteiger partial charge is 0.303 e. The molecule has 0 aliphatic carbocycles. The largest absolute Gasteiger partial charge is 0.481 e. The van der Waals surface area contributed by atoms with Crippen molar-refractivity contribution in [1.82, 2.24) is 0 Å². The molecule has 1 N–H and O–H groups in total. The van der Waals surface area contributed by atoms with E-state index in [1.54, 1.807) is 44.2 Å². The van der Waals surface area contributed by atoms with Crippen molar-refractivity contribution < 1.29 is 18.3 Å². The van der Waals surface area contributed by atoms with Crippen molar-refractivity contribution in [2.24, 2.45) is 0 Å². The fourth-order valence-electron chi connectivity index (χ4n) is 1.87. The van der Waals surface area contributed by atoms with Gasteiger partial charge in [-0.25, -0.2) is 8.42 Å². The predicted molar refractivity (Wildman–Crippen MR) is 78.5 cm³/mol. The minimum atomic E-state index is -3.55. The first-order chi connectivity index (χ1) is 9.23. The Kier molecular flexibility index (Phi) is 5.51. The number of rotatable bonds is 6. The second-order valence-electron chi connectivity index (χ2n) is 5.07. The fourth-order valence-corrected chi connectivity index (χ4v) is 3.61. The third kappa shape index (κ3) is 4.49. The number of allylic oxidation sites excluding steroid dienone is 1. The topological polar surface area (TPSA) is 71.4 Å². The molecule has 0 saturated heterocycles. The number of hydrogen-bond acceptors (Lipinski definition) is 3. The number of carboxylic acids is 1. The van der Waals surface area contributed by atoms with Gasteiger partial charge in [0, 0.05) is 6.42 Å². The molecule has 1 unspecified atom stereocenters. The summed E-state index contributed by atoms with van der Waals surface area (Å²) in [4.78, 5) is 10.9. The van der Waals surface area contributed by atoms with Crippen molar-refractivity contribution >= 4 is 15.8 Å². The van der Waals surface area contributed by atoms with Crippen LogP contribution in [0.1, 0.15) is 32.3 Å². The highest BCUT2D eigenvalue weighted by Crippen LogP contribution is 2.22. The summed E-state index contributed by atoms with van der Waals surface area (Å²) in [6.07, 6.45) is 1.54. The van der Waals surface area contributed by atoms with Gasteiger partial charge in [0.1, 0.15) is 0 Å². The molecule has 1 aromatic carbocycles. The zero-order valence-electron chi connectivity index (χ0n) is 12.0. The van der Waals surface area contributed by atoms with Gasteiger partial charge in [-0.05, 0) is 39.3 Å². The Bertz CT molecular complexity index is 593. The molecule has 0 heterocycles. The summed E-state index contributed by atoms with van der Waals surface area (Å²) >= 11 is 0. The molecule has 5 heteroatoms. The van der Waals surface area contributed by atoms with Crippen molar-refractivity contribution in [2.75, 3.05) is 0 Å². The second kappa shape index (κ2) is 6.70. The van der Waals surface area contributed by atoms with Crippen molar-refractivity contribution in [3.63, 3.8) is 0 Å². The van der Waals surface area contributed by atoms with Crippen molar-refractivity contribution in [2.45, 2.75) is 43.8 Å². The quantitative estimate of drug-likeness (QED) is 0.819. The van der Waals surface area contributed by atoms with E-state index in [0.717, 1.165) is 11.1 Å². The van der Waals surface area contributed by atoms with Crippen molar-refractivity contribution in [1.29, 1.82) is 0 Å². The van der Waals surface area contributed by atoms with Gasteiger partial charge in [0.2, 0.25) is 0 Å². The molecule has 1 atom stereocenters. The minimum absolute atomic E-state index is 0.0801. The summed E-state index contributed by atoms with van der Waals surface area (Å²) in [6.45, 7) is 5.49. The minimum Gasteiger partial charge on any atom is -0.481 e. The Morgan fingerprint density at radius 3 is 2.25 bits per heavy atom. The van der Waals surface area contributed by atoms with E-state index in [1.165, 1.54) is 0 Å². The monoisotopic (exact) mass is 296 g/mol. The average Bonchev–Trinajstić information content (AvgIpc) is 2.34. The molecular formula is C15H20O4S. The molecule has 0 amide bonds. The van der Waals surface area contributed by atoms with Crippen LogP contribution in [0, 0.1) is 6.92 Å². The highest BCUT2D eigenvalue weighted by molar-refractivity contribution is 7.92. The Hall–Kier alpha value is -1.62. The van der Waals surface area contributed by atoms with Gasteiger partial charge in [0.25, 0.3) is 0 Å². The van der Waals surface area contributed by atoms with Crippen LogP contribution in [0.15, 0.2) is 40.8 Å². The maximum atomic E-state index is 12.6. The average molecular weight is 296 g/mol. The lowest BCUT2D eigenvalue weighted by atomic mass is 10.2. The zero-order chi connectivity index (χ0) is 15.3. The summed E-state index contributed by atoms with van der Waals surface area (Å²) in [5, 5.41) is 7.95. The third-order valence-electron chi connectivity index (χ3n) is 2.91. The number of hydrogen-bond donors (Lipinski definition) is 1. The summed E-state index contributed by atoms with van der Waals surface area (Å²) in [5.41, 5.74) is 1.84. The van der Waals surface area contributed by atoms with Crippen LogP contribution in [0.25, 0.3) is 0 Å². The Labute approximate surface area is 120 Å². The first-order valence-corrected chi connectivity index (χ1v) is 7.95. The molecule has 20 heavy (non-hydrogen) atoms. The van der Waals surface area contributed by atoms with E-state index < -0.39 is 21.1 Å². The summed E-state index contributed by atoms with van der Waals surface area (Å²) in [7, 11) is -3.55. The van der Waals surface area contributed by atoms with E-state index in [4.69, 9.17) is 5.11 Å². The third-order valence-corrected chi connectivity index (χ3v) is 5.01. The van der Waals surface area contributed by atoms with Gasteiger partial charge in [0.15, 0.2) is 9.84 Å². The molecule has 0 fully saturated rings.